The number of hydrogen-bond acceptors (Lipinski definition) is 3. The molecular formula is C9H16N2O2. The van der Waals surface area contributed by atoms with E-state index in [1.165, 1.54) is 0 Å². The van der Waals surface area contributed by atoms with Gasteiger partial charge in [0, 0.05) is 18.6 Å². The van der Waals surface area contributed by atoms with Gasteiger partial charge in [-0.2, -0.15) is 0 Å². The maximum atomic E-state index is 10.9. The molecule has 3 atom stereocenters. The molecule has 2 saturated heterocycles. The van der Waals surface area contributed by atoms with Crippen molar-refractivity contribution < 1.29 is 9.90 Å². The average Bonchev–Trinajstić information content (AvgIpc) is 2.45. The topological polar surface area (TPSA) is 52.6 Å². The van der Waals surface area contributed by atoms with E-state index >= 15 is 0 Å². The van der Waals surface area contributed by atoms with Gasteiger partial charge in [0.15, 0.2) is 0 Å². The van der Waals surface area contributed by atoms with Crippen LogP contribution in [0.3, 0.4) is 0 Å². The summed E-state index contributed by atoms with van der Waals surface area (Å²) >= 11 is 0. The molecule has 0 radical (unpaired) electrons. The van der Waals surface area contributed by atoms with Crippen LogP contribution in [-0.4, -0.2) is 48.2 Å². The minimum Gasteiger partial charge on any atom is -0.481 e. The lowest BCUT2D eigenvalue weighted by Crippen LogP contribution is -2.49. The Balaban J connectivity index is 2.12. The van der Waals surface area contributed by atoms with E-state index in [0.29, 0.717) is 12.6 Å². The van der Waals surface area contributed by atoms with Crippen LogP contribution in [0, 0.1) is 5.92 Å². The number of aliphatic carboxylic acids is 1. The summed E-state index contributed by atoms with van der Waals surface area (Å²) in [5, 5.41) is 12.3. The lowest BCUT2D eigenvalue weighted by Gasteiger charge is -2.31. The molecule has 74 valence electrons. The first-order valence-electron chi connectivity index (χ1n) is 4.86. The second-order valence-electron chi connectivity index (χ2n) is 4.07. The molecular weight excluding hydrogens is 168 g/mol. The summed E-state index contributed by atoms with van der Waals surface area (Å²) in [6, 6.07) is 0.617. The van der Waals surface area contributed by atoms with Crippen molar-refractivity contribution in [1.29, 1.82) is 0 Å². The Labute approximate surface area is 77.9 Å². The van der Waals surface area contributed by atoms with Crippen LogP contribution in [-0.2, 0) is 4.79 Å². The maximum absolute atomic E-state index is 10.9. The third-order valence-electron chi connectivity index (χ3n) is 3.27. The van der Waals surface area contributed by atoms with Gasteiger partial charge in [0.2, 0.25) is 0 Å². The number of carbonyl (C=O) groups is 1. The highest BCUT2D eigenvalue weighted by molar-refractivity contribution is 5.72. The van der Waals surface area contributed by atoms with E-state index in [9.17, 15) is 4.79 Å². The normalized spacial score (nSPS) is 40.2. The quantitative estimate of drug-likeness (QED) is 0.590. The predicted molar refractivity (Wildman–Crippen MR) is 48.6 cm³/mol. The molecule has 4 heteroatoms. The maximum Gasteiger partial charge on any atom is 0.309 e. The Kier molecular flexibility index (Phi) is 2.26. The molecule has 0 aromatic heterocycles. The zero-order chi connectivity index (χ0) is 9.42. The molecule has 2 heterocycles. The molecule has 0 aliphatic carbocycles. The molecule has 2 rings (SSSR count). The van der Waals surface area contributed by atoms with Gasteiger partial charge in [-0.05, 0) is 26.4 Å². The number of rotatable bonds is 1. The zero-order valence-electron chi connectivity index (χ0n) is 7.86. The van der Waals surface area contributed by atoms with Gasteiger partial charge >= 0.3 is 5.97 Å². The molecule has 2 aliphatic heterocycles. The van der Waals surface area contributed by atoms with Crippen molar-refractivity contribution in [2.75, 3.05) is 20.1 Å². The summed E-state index contributed by atoms with van der Waals surface area (Å²) in [6.45, 7) is 1.66. The second kappa shape index (κ2) is 3.27. The third-order valence-corrected chi connectivity index (χ3v) is 3.27. The largest absolute Gasteiger partial charge is 0.481 e. The highest BCUT2D eigenvalue weighted by Crippen LogP contribution is 2.28. The average molecular weight is 184 g/mol. The second-order valence-corrected chi connectivity index (χ2v) is 4.07. The standard InChI is InChI=1S/C9H16N2O2/c1-11-5-6(9(12)13)8-7(11)3-2-4-10-8/h6-8,10H,2-5H2,1H3,(H,12,13)/t6-,7+,8+/m0/s1. The number of carboxylic acids is 1. The first-order valence-corrected chi connectivity index (χ1v) is 4.86. The Hall–Kier alpha value is -0.610. The summed E-state index contributed by atoms with van der Waals surface area (Å²) in [4.78, 5) is 13.1. The number of fused-ring (bicyclic) bond motifs is 1. The van der Waals surface area contributed by atoms with Gasteiger partial charge < -0.3 is 15.3 Å². The molecule has 4 nitrogen and oxygen atoms in total. The van der Waals surface area contributed by atoms with Gasteiger partial charge in [-0.15, -0.1) is 0 Å². The van der Waals surface area contributed by atoms with Gasteiger partial charge in [-0.3, -0.25) is 4.79 Å². The van der Waals surface area contributed by atoms with E-state index in [2.05, 4.69) is 10.2 Å². The van der Waals surface area contributed by atoms with Crippen LogP contribution in [0.25, 0.3) is 0 Å². The predicted octanol–water partition coefficient (Wildman–Crippen LogP) is -0.247. The number of hydrogen-bond donors (Lipinski definition) is 2. The number of carboxylic acid groups (broad SMARTS) is 1. The van der Waals surface area contributed by atoms with E-state index in [0.717, 1.165) is 19.4 Å². The fourth-order valence-corrected chi connectivity index (χ4v) is 2.59. The van der Waals surface area contributed by atoms with Gasteiger partial charge in [-0.1, -0.05) is 0 Å². The highest BCUT2D eigenvalue weighted by Gasteiger charge is 2.44. The fraction of sp³-hybridized carbons (Fsp3) is 0.889. The van der Waals surface area contributed by atoms with E-state index in [1.807, 2.05) is 7.05 Å². The number of likely N-dealkylation sites (N-methyl/N-ethyl adjacent to an activating group) is 1. The van der Waals surface area contributed by atoms with Crippen LogP contribution in [0.1, 0.15) is 12.8 Å². The Morgan fingerprint density at radius 2 is 2.38 bits per heavy atom. The minimum atomic E-state index is -0.659. The van der Waals surface area contributed by atoms with E-state index in [4.69, 9.17) is 5.11 Å². The summed E-state index contributed by atoms with van der Waals surface area (Å²) in [5.74, 6) is -0.871. The summed E-state index contributed by atoms with van der Waals surface area (Å²) in [7, 11) is 2.02. The smallest absolute Gasteiger partial charge is 0.309 e. The minimum absolute atomic E-state index is 0.177. The van der Waals surface area contributed by atoms with Gasteiger partial charge in [-0.25, -0.2) is 0 Å². The van der Waals surface area contributed by atoms with E-state index < -0.39 is 5.97 Å². The molecule has 0 amide bonds. The van der Waals surface area contributed by atoms with Crippen LogP contribution < -0.4 is 5.32 Å². The van der Waals surface area contributed by atoms with Gasteiger partial charge in [0.25, 0.3) is 0 Å². The summed E-state index contributed by atoms with van der Waals surface area (Å²) in [6.07, 6.45) is 2.30. The molecule has 0 saturated carbocycles. The Morgan fingerprint density at radius 3 is 3.08 bits per heavy atom. The van der Waals surface area contributed by atoms with Crippen molar-refractivity contribution in [2.24, 2.45) is 5.92 Å². The molecule has 2 aliphatic rings. The molecule has 0 bridgehead atoms. The molecule has 0 aromatic rings. The van der Waals surface area contributed by atoms with Crippen LogP contribution in [0.5, 0.6) is 0 Å². The lowest BCUT2D eigenvalue weighted by molar-refractivity contribution is -0.141. The number of nitrogens with zero attached hydrogens (tertiary/aromatic N) is 1. The van der Waals surface area contributed by atoms with Crippen molar-refractivity contribution in [3.8, 4) is 0 Å². The van der Waals surface area contributed by atoms with Crippen LogP contribution in [0.15, 0.2) is 0 Å². The van der Waals surface area contributed by atoms with Gasteiger partial charge in [0.1, 0.15) is 0 Å². The Bertz CT molecular complexity index is 220. The summed E-state index contributed by atoms with van der Waals surface area (Å²) < 4.78 is 0. The van der Waals surface area contributed by atoms with Gasteiger partial charge in [0.05, 0.1) is 5.92 Å². The SMILES string of the molecule is CN1C[C@H](C(=O)O)[C@H]2NCCC[C@H]21. The molecule has 0 aromatic carbocycles. The van der Waals surface area contributed by atoms with Crippen molar-refractivity contribution in [3.05, 3.63) is 0 Å². The lowest BCUT2D eigenvalue weighted by atomic mass is 9.93. The molecule has 2 fully saturated rings. The van der Waals surface area contributed by atoms with Crippen molar-refractivity contribution in [1.82, 2.24) is 10.2 Å². The molecule has 0 spiro atoms. The monoisotopic (exact) mass is 184 g/mol. The zero-order valence-corrected chi connectivity index (χ0v) is 7.86. The van der Waals surface area contributed by atoms with E-state index in [1.54, 1.807) is 0 Å². The molecule has 0 unspecified atom stereocenters. The van der Waals surface area contributed by atoms with Crippen LogP contribution in [0.4, 0.5) is 0 Å². The number of likely N-dealkylation sites (tertiary alicyclic amines) is 1. The molecule has 2 N–H and O–H groups in total. The third kappa shape index (κ3) is 1.44. The first-order chi connectivity index (χ1) is 6.20. The number of piperidine rings is 1. The Morgan fingerprint density at radius 1 is 1.62 bits per heavy atom. The van der Waals surface area contributed by atoms with Crippen molar-refractivity contribution in [3.63, 3.8) is 0 Å². The fourth-order valence-electron chi connectivity index (χ4n) is 2.59. The number of nitrogens with one attached hydrogen (secondary N) is 1. The highest BCUT2D eigenvalue weighted by atomic mass is 16.4. The summed E-state index contributed by atoms with van der Waals surface area (Å²) in [5.41, 5.74) is 0. The first kappa shape index (κ1) is 8.97. The molecule has 13 heavy (non-hydrogen) atoms. The van der Waals surface area contributed by atoms with Crippen molar-refractivity contribution in [2.45, 2.75) is 24.9 Å². The van der Waals surface area contributed by atoms with Crippen LogP contribution in [0.2, 0.25) is 0 Å². The van der Waals surface area contributed by atoms with Crippen molar-refractivity contribution >= 4 is 5.97 Å². The van der Waals surface area contributed by atoms with E-state index in [-0.39, 0.29) is 12.0 Å². The van der Waals surface area contributed by atoms with Crippen LogP contribution >= 0.6 is 0 Å².